The van der Waals surface area contributed by atoms with E-state index in [-0.39, 0.29) is 18.0 Å². The van der Waals surface area contributed by atoms with E-state index in [1.54, 1.807) is 12.1 Å². The second-order valence-corrected chi connectivity index (χ2v) is 5.21. The van der Waals surface area contributed by atoms with Crippen LogP contribution in [-0.4, -0.2) is 5.91 Å². The van der Waals surface area contributed by atoms with E-state index >= 15 is 0 Å². The number of nitrogens with one attached hydrogen (secondary N) is 1. The van der Waals surface area contributed by atoms with E-state index in [0.29, 0.717) is 12.0 Å². The zero-order valence-corrected chi connectivity index (χ0v) is 12.6. The number of hydrogen-bond donors (Lipinski definition) is 1. The molecule has 0 atom stereocenters. The van der Waals surface area contributed by atoms with E-state index in [4.69, 9.17) is 5.26 Å². The Kier molecular flexibility index (Phi) is 8.11. The minimum Gasteiger partial charge on any atom is -0.352 e. The third-order valence-corrected chi connectivity index (χ3v) is 3.42. The first-order chi connectivity index (χ1) is 10.2. The van der Waals surface area contributed by atoms with Crippen molar-refractivity contribution >= 4 is 5.91 Å². The van der Waals surface area contributed by atoms with Crippen LogP contribution in [0.1, 0.15) is 63.0 Å². The van der Waals surface area contributed by atoms with Crippen LogP contribution in [-0.2, 0) is 11.3 Å². The first-order valence-electron chi connectivity index (χ1n) is 7.62. The average molecular weight is 290 g/mol. The Morgan fingerprint density at radius 2 is 1.95 bits per heavy atom. The van der Waals surface area contributed by atoms with E-state index in [1.165, 1.54) is 31.7 Å². The lowest BCUT2D eigenvalue weighted by Gasteiger charge is -2.06. The summed E-state index contributed by atoms with van der Waals surface area (Å²) in [6.07, 6.45) is 7.31. The normalized spacial score (nSPS) is 10.1. The van der Waals surface area contributed by atoms with Gasteiger partial charge >= 0.3 is 0 Å². The number of nitriles is 1. The molecule has 1 amide bonds. The number of carbonyl (C=O) groups excluding carboxylic acids is 1. The molecule has 3 nitrogen and oxygen atoms in total. The largest absolute Gasteiger partial charge is 0.352 e. The third kappa shape index (κ3) is 6.89. The number of amides is 1. The van der Waals surface area contributed by atoms with Gasteiger partial charge in [-0.3, -0.25) is 4.79 Å². The van der Waals surface area contributed by atoms with Crippen molar-refractivity contribution in [2.24, 2.45) is 0 Å². The van der Waals surface area contributed by atoms with Crippen molar-refractivity contribution < 1.29 is 9.18 Å². The van der Waals surface area contributed by atoms with E-state index < -0.39 is 5.82 Å². The van der Waals surface area contributed by atoms with Crippen molar-refractivity contribution in [3.63, 3.8) is 0 Å². The van der Waals surface area contributed by atoms with Gasteiger partial charge < -0.3 is 5.32 Å². The maximum Gasteiger partial charge on any atom is 0.220 e. The fourth-order valence-corrected chi connectivity index (χ4v) is 2.11. The van der Waals surface area contributed by atoms with Crippen molar-refractivity contribution in [3.8, 4) is 6.07 Å². The molecule has 114 valence electrons. The van der Waals surface area contributed by atoms with Crippen molar-refractivity contribution in [1.29, 1.82) is 5.26 Å². The van der Waals surface area contributed by atoms with Crippen molar-refractivity contribution in [2.75, 3.05) is 0 Å². The second kappa shape index (κ2) is 9.93. The number of carbonyl (C=O) groups is 1. The smallest absolute Gasteiger partial charge is 0.220 e. The summed E-state index contributed by atoms with van der Waals surface area (Å²) in [6.45, 7) is 2.35. The Bertz CT molecular complexity index is 494. The van der Waals surface area contributed by atoms with E-state index in [0.717, 1.165) is 12.8 Å². The third-order valence-electron chi connectivity index (χ3n) is 3.42. The highest BCUT2D eigenvalue weighted by atomic mass is 19.1. The Hall–Kier alpha value is -1.89. The molecule has 1 aromatic rings. The lowest BCUT2D eigenvalue weighted by molar-refractivity contribution is -0.121. The van der Waals surface area contributed by atoms with Crippen LogP contribution in [0.5, 0.6) is 0 Å². The van der Waals surface area contributed by atoms with Gasteiger partial charge in [-0.15, -0.1) is 0 Å². The summed E-state index contributed by atoms with van der Waals surface area (Å²) in [5, 5.41) is 11.4. The summed E-state index contributed by atoms with van der Waals surface area (Å²) in [4.78, 5) is 11.7. The van der Waals surface area contributed by atoms with Crippen LogP contribution in [0, 0.1) is 17.1 Å². The lowest BCUT2D eigenvalue weighted by atomic mass is 10.1. The molecule has 0 unspecified atom stereocenters. The molecule has 21 heavy (non-hydrogen) atoms. The summed E-state index contributed by atoms with van der Waals surface area (Å²) in [5.41, 5.74) is 0.694. The molecule has 0 fully saturated rings. The summed E-state index contributed by atoms with van der Waals surface area (Å²) >= 11 is 0. The van der Waals surface area contributed by atoms with E-state index in [9.17, 15) is 9.18 Å². The highest BCUT2D eigenvalue weighted by molar-refractivity contribution is 5.75. The van der Waals surface area contributed by atoms with Crippen LogP contribution in [0.3, 0.4) is 0 Å². The minimum absolute atomic E-state index is 0.0470. The monoisotopic (exact) mass is 290 g/mol. The molecular weight excluding hydrogens is 267 g/mol. The van der Waals surface area contributed by atoms with Crippen LogP contribution in [0.2, 0.25) is 0 Å². The van der Waals surface area contributed by atoms with Crippen LogP contribution < -0.4 is 5.32 Å². The SMILES string of the molecule is CCCCCCCCC(=O)NCc1ccc(C#N)cc1F. The number of rotatable bonds is 9. The van der Waals surface area contributed by atoms with Crippen molar-refractivity contribution in [1.82, 2.24) is 5.32 Å². The highest BCUT2D eigenvalue weighted by Gasteiger charge is 2.06. The van der Waals surface area contributed by atoms with E-state index in [1.807, 2.05) is 6.07 Å². The number of unbranched alkanes of at least 4 members (excludes halogenated alkanes) is 5. The van der Waals surface area contributed by atoms with Gasteiger partial charge in [-0.25, -0.2) is 4.39 Å². The molecule has 0 radical (unpaired) electrons. The Balaban J connectivity index is 2.23. The van der Waals surface area contributed by atoms with Gasteiger partial charge in [-0.1, -0.05) is 45.1 Å². The molecule has 0 aliphatic carbocycles. The molecule has 0 heterocycles. The zero-order chi connectivity index (χ0) is 15.5. The highest BCUT2D eigenvalue weighted by Crippen LogP contribution is 2.10. The fourth-order valence-electron chi connectivity index (χ4n) is 2.11. The van der Waals surface area contributed by atoms with Gasteiger partial charge in [0.2, 0.25) is 5.91 Å². The molecule has 0 bridgehead atoms. The van der Waals surface area contributed by atoms with Gasteiger partial charge in [0.15, 0.2) is 0 Å². The second-order valence-electron chi connectivity index (χ2n) is 5.21. The molecule has 1 aromatic carbocycles. The topological polar surface area (TPSA) is 52.9 Å². The summed E-state index contributed by atoms with van der Waals surface area (Å²) in [7, 11) is 0. The summed E-state index contributed by atoms with van der Waals surface area (Å²) in [6, 6.07) is 6.17. The quantitative estimate of drug-likeness (QED) is 0.697. The fraction of sp³-hybridized carbons (Fsp3) is 0.529. The standard InChI is InChI=1S/C17H23FN2O/c1-2-3-4-5-6-7-8-17(21)20-13-15-10-9-14(12-19)11-16(15)18/h9-11H,2-8,13H2,1H3,(H,20,21). The molecule has 0 aliphatic heterocycles. The Morgan fingerprint density at radius 1 is 1.24 bits per heavy atom. The lowest BCUT2D eigenvalue weighted by Crippen LogP contribution is -2.22. The number of hydrogen-bond acceptors (Lipinski definition) is 2. The first-order valence-corrected chi connectivity index (χ1v) is 7.62. The van der Waals surface area contributed by atoms with Crippen LogP contribution in [0.4, 0.5) is 4.39 Å². The maximum atomic E-state index is 13.6. The molecular formula is C17H23FN2O. The predicted octanol–water partition coefficient (Wildman–Crippen LogP) is 4.06. The van der Waals surface area contributed by atoms with Crippen LogP contribution in [0.25, 0.3) is 0 Å². The van der Waals surface area contributed by atoms with Crippen molar-refractivity contribution in [3.05, 3.63) is 35.1 Å². The predicted molar refractivity (Wildman–Crippen MR) is 81.0 cm³/mol. The maximum absolute atomic E-state index is 13.6. The molecule has 0 saturated heterocycles. The Labute approximate surface area is 126 Å². The van der Waals surface area contributed by atoms with Crippen LogP contribution in [0.15, 0.2) is 18.2 Å². The molecule has 0 spiro atoms. The van der Waals surface area contributed by atoms with Gasteiger partial charge in [0.25, 0.3) is 0 Å². The van der Waals surface area contributed by atoms with E-state index in [2.05, 4.69) is 12.2 Å². The number of benzene rings is 1. The molecule has 0 aliphatic rings. The summed E-state index contributed by atoms with van der Waals surface area (Å²) in [5.74, 6) is -0.497. The average Bonchev–Trinajstić information content (AvgIpc) is 2.49. The molecule has 4 heteroatoms. The van der Waals surface area contributed by atoms with Gasteiger partial charge in [-0.05, 0) is 18.6 Å². The first kappa shape index (κ1) is 17.2. The van der Waals surface area contributed by atoms with Gasteiger partial charge in [0, 0.05) is 18.5 Å². The minimum atomic E-state index is -0.450. The number of halogens is 1. The molecule has 0 saturated carbocycles. The van der Waals surface area contributed by atoms with Gasteiger partial charge in [-0.2, -0.15) is 5.26 Å². The Morgan fingerprint density at radius 3 is 2.62 bits per heavy atom. The summed E-state index contributed by atoms with van der Waals surface area (Å²) < 4.78 is 13.6. The molecule has 1 N–H and O–H groups in total. The van der Waals surface area contributed by atoms with Gasteiger partial charge in [0.05, 0.1) is 11.6 Å². The number of nitrogens with zero attached hydrogens (tertiary/aromatic N) is 1. The molecule has 1 rings (SSSR count). The van der Waals surface area contributed by atoms with Crippen LogP contribution >= 0.6 is 0 Å². The van der Waals surface area contributed by atoms with Gasteiger partial charge in [0.1, 0.15) is 5.82 Å². The van der Waals surface area contributed by atoms with Crippen molar-refractivity contribution in [2.45, 2.75) is 58.4 Å². The molecule has 0 aromatic heterocycles. The zero-order valence-electron chi connectivity index (χ0n) is 12.6.